The van der Waals surface area contributed by atoms with Crippen LogP contribution in [0.15, 0.2) is 53.6 Å². The van der Waals surface area contributed by atoms with E-state index in [0.29, 0.717) is 34.2 Å². The third kappa shape index (κ3) is 5.20. The second kappa shape index (κ2) is 10.3. The molecule has 2 N–H and O–H groups in total. The number of aromatic hydroxyl groups is 1. The first-order valence-corrected chi connectivity index (χ1v) is 12.5. The predicted molar refractivity (Wildman–Crippen MR) is 144 cm³/mol. The van der Waals surface area contributed by atoms with Gasteiger partial charge in [-0.2, -0.15) is 15.0 Å². The molecule has 188 valence electrons. The van der Waals surface area contributed by atoms with Crippen LogP contribution in [0, 0.1) is 18.3 Å². The molecule has 3 heterocycles. The first kappa shape index (κ1) is 24.9. The second-order valence-corrected chi connectivity index (χ2v) is 10.1. The molecule has 37 heavy (non-hydrogen) atoms. The summed E-state index contributed by atoms with van der Waals surface area (Å²) in [6, 6.07) is 12.5. The fourth-order valence-corrected chi connectivity index (χ4v) is 5.36. The number of aromatic nitrogens is 3. The van der Waals surface area contributed by atoms with Gasteiger partial charge in [-0.15, -0.1) is 0 Å². The van der Waals surface area contributed by atoms with Crippen molar-refractivity contribution in [3.63, 3.8) is 0 Å². The van der Waals surface area contributed by atoms with Gasteiger partial charge >= 0.3 is 0 Å². The molecule has 5 rings (SSSR count). The number of nitrogens with one attached hydrogen (secondary N) is 1. The number of nitrogens with zero attached hydrogens (tertiary/aromatic N) is 5. The van der Waals surface area contributed by atoms with Gasteiger partial charge in [-0.25, -0.2) is 0 Å². The quantitative estimate of drug-likeness (QED) is 0.397. The van der Waals surface area contributed by atoms with Crippen molar-refractivity contribution >= 4 is 22.5 Å². The molecule has 4 aromatic rings. The molecule has 1 saturated heterocycles. The van der Waals surface area contributed by atoms with Gasteiger partial charge in [0.05, 0.1) is 34.4 Å². The van der Waals surface area contributed by atoms with Crippen LogP contribution in [-0.4, -0.2) is 50.9 Å². The highest BCUT2D eigenvalue weighted by molar-refractivity contribution is 6.31. The lowest BCUT2D eigenvalue weighted by molar-refractivity contribution is 0.294. The van der Waals surface area contributed by atoms with Crippen LogP contribution in [0.25, 0.3) is 27.7 Å². The number of nitriles is 1. The molecule has 9 heteroatoms. The van der Waals surface area contributed by atoms with Crippen molar-refractivity contribution < 1.29 is 5.11 Å². The molecule has 2 aromatic carbocycles. The van der Waals surface area contributed by atoms with Gasteiger partial charge in [0, 0.05) is 42.0 Å². The molecule has 2 aromatic heterocycles. The summed E-state index contributed by atoms with van der Waals surface area (Å²) in [5, 5.41) is 28.3. The lowest BCUT2D eigenvalue weighted by atomic mass is 9.97. The van der Waals surface area contributed by atoms with E-state index in [0.717, 1.165) is 48.2 Å². The van der Waals surface area contributed by atoms with Crippen molar-refractivity contribution in [1.82, 2.24) is 25.0 Å². The van der Waals surface area contributed by atoms with Crippen molar-refractivity contribution in [1.29, 1.82) is 5.26 Å². The van der Waals surface area contributed by atoms with Gasteiger partial charge in [-0.1, -0.05) is 17.7 Å². The molecule has 1 aliphatic heterocycles. The first-order valence-electron chi connectivity index (χ1n) is 12.2. The number of likely N-dealkylation sites (N-methyl/N-ethyl adjacent to an activating group) is 1. The molecule has 1 aliphatic rings. The van der Waals surface area contributed by atoms with Gasteiger partial charge in [-0.05, 0) is 74.3 Å². The Balaban J connectivity index is 1.71. The lowest BCUT2D eigenvalue weighted by Crippen LogP contribution is -2.35. The Bertz CT molecular complexity index is 1570. The minimum atomic E-state index is -0.373. The molecular formula is C28H27ClN6O2. The fraction of sp³-hybridized carbons (Fsp3) is 0.286. The number of phenols is 1. The lowest BCUT2D eigenvalue weighted by Gasteiger charge is -2.23. The van der Waals surface area contributed by atoms with Crippen LogP contribution in [0.1, 0.15) is 29.5 Å². The van der Waals surface area contributed by atoms with Crippen LogP contribution in [0.2, 0.25) is 5.02 Å². The van der Waals surface area contributed by atoms with Crippen molar-refractivity contribution in [3.8, 4) is 28.6 Å². The van der Waals surface area contributed by atoms with E-state index in [2.05, 4.69) is 20.3 Å². The number of hydrogen-bond donors (Lipinski definition) is 2. The first-order chi connectivity index (χ1) is 17.8. The second-order valence-electron chi connectivity index (χ2n) is 9.63. The monoisotopic (exact) mass is 514 g/mol. The molecule has 8 nitrogen and oxygen atoms in total. The Labute approximate surface area is 219 Å². The number of fused-ring (bicyclic) bond motifs is 1. The van der Waals surface area contributed by atoms with E-state index in [4.69, 9.17) is 11.6 Å². The summed E-state index contributed by atoms with van der Waals surface area (Å²) in [4.78, 5) is 20.7. The summed E-state index contributed by atoms with van der Waals surface area (Å²) in [6.45, 7) is 4.36. The molecule has 0 radical (unpaired) electrons. The highest BCUT2D eigenvalue weighted by Gasteiger charge is 2.21. The smallest absolute Gasteiger partial charge is 0.281 e. The SMILES string of the molecule is Cc1cc(Cl)cc(-c2cnc3cnn(-c4cc(O)cc(C#N)c4)c(=O)c3c2CN(C)C[C@@H]2CCCN2)c1. The highest BCUT2D eigenvalue weighted by Crippen LogP contribution is 2.31. The van der Waals surface area contributed by atoms with Crippen molar-refractivity contribution in [2.45, 2.75) is 32.4 Å². The minimum absolute atomic E-state index is 0.117. The maximum Gasteiger partial charge on any atom is 0.281 e. The maximum atomic E-state index is 13.9. The predicted octanol–water partition coefficient (Wildman–Crippen LogP) is 4.17. The van der Waals surface area contributed by atoms with E-state index in [1.165, 1.54) is 22.9 Å². The number of halogens is 1. The van der Waals surface area contributed by atoms with E-state index >= 15 is 0 Å². The number of hydrogen-bond acceptors (Lipinski definition) is 7. The summed E-state index contributed by atoms with van der Waals surface area (Å²) in [5.41, 5.74) is 4.19. The van der Waals surface area contributed by atoms with Crippen LogP contribution in [0.5, 0.6) is 5.75 Å². The molecular weight excluding hydrogens is 488 g/mol. The zero-order valence-electron chi connectivity index (χ0n) is 20.7. The van der Waals surface area contributed by atoms with E-state index < -0.39 is 0 Å². The average molecular weight is 515 g/mol. The summed E-state index contributed by atoms with van der Waals surface area (Å²) < 4.78 is 1.21. The topological polar surface area (TPSA) is 107 Å². The number of aryl methyl sites for hydroxylation is 1. The van der Waals surface area contributed by atoms with Crippen LogP contribution in [-0.2, 0) is 6.54 Å². The molecule has 0 amide bonds. The average Bonchev–Trinajstić information content (AvgIpc) is 3.36. The number of phenolic OH excluding ortho intramolecular Hbond substituents is 1. The van der Waals surface area contributed by atoms with Gasteiger partial charge < -0.3 is 15.3 Å². The zero-order chi connectivity index (χ0) is 26.1. The van der Waals surface area contributed by atoms with E-state index in [1.807, 2.05) is 38.2 Å². The Hall–Kier alpha value is -3.77. The summed E-state index contributed by atoms with van der Waals surface area (Å²) in [7, 11) is 2.05. The van der Waals surface area contributed by atoms with Crippen molar-refractivity contribution in [2.24, 2.45) is 0 Å². The Morgan fingerprint density at radius 3 is 2.81 bits per heavy atom. The zero-order valence-corrected chi connectivity index (χ0v) is 21.5. The van der Waals surface area contributed by atoms with Crippen molar-refractivity contribution in [3.05, 3.63) is 80.9 Å². The molecule has 1 fully saturated rings. The largest absolute Gasteiger partial charge is 0.508 e. The molecule has 1 atom stereocenters. The minimum Gasteiger partial charge on any atom is -0.508 e. The highest BCUT2D eigenvalue weighted by atomic mass is 35.5. The summed E-state index contributed by atoms with van der Waals surface area (Å²) in [5.74, 6) is -0.117. The molecule has 0 spiro atoms. The normalized spacial score (nSPS) is 15.4. The summed E-state index contributed by atoms with van der Waals surface area (Å²) in [6.07, 6.45) is 5.60. The molecule has 0 saturated carbocycles. The van der Waals surface area contributed by atoms with Crippen molar-refractivity contribution in [2.75, 3.05) is 20.1 Å². The Morgan fingerprint density at radius 1 is 1.24 bits per heavy atom. The van der Waals surface area contributed by atoms with Gasteiger partial charge in [0.15, 0.2) is 0 Å². The Morgan fingerprint density at radius 2 is 2.08 bits per heavy atom. The van der Waals surface area contributed by atoms with Gasteiger partial charge in [0.25, 0.3) is 5.56 Å². The van der Waals surface area contributed by atoms with E-state index in [-0.39, 0.29) is 16.9 Å². The van der Waals surface area contributed by atoms with E-state index in [9.17, 15) is 15.2 Å². The number of pyridine rings is 1. The fourth-order valence-electron chi connectivity index (χ4n) is 5.07. The van der Waals surface area contributed by atoms with Crippen LogP contribution >= 0.6 is 11.6 Å². The Kier molecular flexibility index (Phi) is 6.94. The summed E-state index contributed by atoms with van der Waals surface area (Å²) >= 11 is 6.40. The molecule has 0 aliphatic carbocycles. The number of rotatable bonds is 6. The van der Waals surface area contributed by atoms with Gasteiger partial charge in [-0.3, -0.25) is 9.78 Å². The third-order valence-electron chi connectivity index (χ3n) is 6.67. The molecule has 0 unspecified atom stereocenters. The van der Waals surface area contributed by atoms with Crippen LogP contribution in [0.4, 0.5) is 0 Å². The number of benzene rings is 2. The van der Waals surface area contributed by atoms with Gasteiger partial charge in [0.1, 0.15) is 5.75 Å². The maximum absolute atomic E-state index is 13.9. The van der Waals surface area contributed by atoms with Crippen LogP contribution in [0.3, 0.4) is 0 Å². The third-order valence-corrected chi connectivity index (χ3v) is 6.89. The van der Waals surface area contributed by atoms with Gasteiger partial charge in [0.2, 0.25) is 0 Å². The van der Waals surface area contributed by atoms with Crippen LogP contribution < -0.4 is 10.9 Å². The standard InChI is InChI=1S/C28H27ClN6O2/c1-17-6-19(10-20(29)7-17)24-13-32-26-14-33-35(22-8-18(12-30)9-23(36)11-22)28(37)27(26)25(24)16-34(2)15-21-4-3-5-31-21/h6-11,13-14,21,31,36H,3-5,15-16H2,1-2H3/t21-/m0/s1. The molecule has 0 bridgehead atoms. The van der Waals surface area contributed by atoms with E-state index in [1.54, 1.807) is 12.4 Å².